The van der Waals surface area contributed by atoms with E-state index in [2.05, 4.69) is 55.3 Å². The first-order valence-corrected chi connectivity index (χ1v) is 9.46. The minimum atomic E-state index is -0.237. The molecule has 136 valence electrons. The van der Waals surface area contributed by atoms with E-state index >= 15 is 0 Å². The Morgan fingerprint density at radius 3 is 2.56 bits per heavy atom. The SMILES string of the molecule is CC(C)c1ccc([C@H]2Oc3ccccc3[C@@H]3CC(c4ccco4)=NN23)cc1. The quantitative estimate of drug-likeness (QED) is 0.607. The van der Waals surface area contributed by atoms with Crippen molar-refractivity contribution in [2.75, 3.05) is 0 Å². The van der Waals surface area contributed by atoms with E-state index in [1.165, 1.54) is 11.1 Å². The highest BCUT2D eigenvalue weighted by Gasteiger charge is 2.41. The van der Waals surface area contributed by atoms with Crippen LogP contribution < -0.4 is 4.74 Å². The summed E-state index contributed by atoms with van der Waals surface area (Å²) in [5.41, 5.74) is 4.59. The monoisotopic (exact) mass is 358 g/mol. The zero-order valence-corrected chi connectivity index (χ0v) is 15.5. The molecule has 0 spiro atoms. The number of hydrazone groups is 1. The number of rotatable bonds is 3. The predicted octanol–water partition coefficient (Wildman–Crippen LogP) is 5.65. The minimum Gasteiger partial charge on any atom is -0.464 e. The van der Waals surface area contributed by atoms with Gasteiger partial charge in [0.2, 0.25) is 6.23 Å². The number of hydrogen-bond acceptors (Lipinski definition) is 4. The van der Waals surface area contributed by atoms with Gasteiger partial charge in [-0.15, -0.1) is 0 Å². The van der Waals surface area contributed by atoms with Crippen molar-refractivity contribution in [3.05, 3.63) is 89.4 Å². The van der Waals surface area contributed by atoms with Crippen LogP contribution in [0.2, 0.25) is 0 Å². The van der Waals surface area contributed by atoms with E-state index in [4.69, 9.17) is 14.3 Å². The summed E-state index contributed by atoms with van der Waals surface area (Å²) in [5.74, 6) is 2.28. The van der Waals surface area contributed by atoms with Crippen LogP contribution in [-0.4, -0.2) is 10.7 Å². The lowest BCUT2D eigenvalue weighted by molar-refractivity contribution is -0.0190. The zero-order chi connectivity index (χ0) is 18.4. The lowest BCUT2D eigenvalue weighted by Gasteiger charge is -2.38. The lowest BCUT2D eigenvalue weighted by atomic mass is 9.96. The molecule has 5 rings (SSSR count). The highest BCUT2D eigenvalue weighted by molar-refractivity contribution is 5.99. The van der Waals surface area contributed by atoms with Gasteiger partial charge in [0.25, 0.3) is 0 Å². The second-order valence-corrected chi connectivity index (χ2v) is 7.45. The Balaban J connectivity index is 1.56. The first-order valence-electron chi connectivity index (χ1n) is 9.46. The molecular formula is C23H22N2O2. The molecule has 0 radical (unpaired) electrons. The van der Waals surface area contributed by atoms with Crippen molar-refractivity contribution in [2.45, 2.75) is 38.5 Å². The molecule has 0 saturated heterocycles. The second kappa shape index (κ2) is 6.31. The van der Waals surface area contributed by atoms with E-state index in [0.717, 1.165) is 29.2 Å². The highest BCUT2D eigenvalue weighted by Crippen LogP contribution is 2.47. The van der Waals surface area contributed by atoms with Crippen LogP contribution in [-0.2, 0) is 0 Å². The minimum absolute atomic E-state index is 0.157. The number of ether oxygens (including phenoxy) is 1. The molecule has 1 aromatic heterocycles. The largest absolute Gasteiger partial charge is 0.464 e. The van der Waals surface area contributed by atoms with Gasteiger partial charge in [0.1, 0.15) is 17.2 Å². The zero-order valence-electron chi connectivity index (χ0n) is 15.5. The molecule has 0 fully saturated rings. The Bertz CT molecular complexity index is 974. The van der Waals surface area contributed by atoms with Crippen molar-refractivity contribution >= 4 is 5.71 Å². The van der Waals surface area contributed by atoms with Gasteiger partial charge in [-0.25, -0.2) is 5.01 Å². The fourth-order valence-corrected chi connectivity index (χ4v) is 3.89. The van der Waals surface area contributed by atoms with Gasteiger partial charge in [-0.05, 0) is 29.7 Å². The molecular weight excluding hydrogens is 336 g/mol. The number of hydrogen-bond donors (Lipinski definition) is 0. The third-order valence-corrected chi connectivity index (χ3v) is 5.39. The van der Waals surface area contributed by atoms with E-state index in [9.17, 15) is 0 Å². The van der Waals surface area contributed by atoms with E-state index in [1.54, 1.807) is 6.26 Å². The molecule has 0 aliphatic carbocycles. The predicted molar refractivity (Wildman–Crippen MR) is 105 cm³/mol. The Morgan fingerprint density at radius 1 is 1.00 bits per heavy atom. The topological polar surface area (TPSA) is 38.0 Å². The van der Waals surface area contributed by atoms with Gasteiger partial charge in [-0.3, -0.25) is 0 Å². The third-order valence-electron chi connectivity index (χ3n) is 5.39. The fraction of sp³-hybridized carbons (Fsp3) is 0.261. The van der Waals surface area contributed by atoms with Crippen LogP contribution >= 0.6 is 0 Å². The Kier molecular flexibility index (Phi) is 3.78. The van der Waals surface area contributed by atoms with Gasteiger partial charge in [-0.1, -0.05) is 56.3 Å². The van der Waals surface area contributed by atoms with Crippen LogP contribution in [0.3, 0.4) is 0 Å². The van der Waals surface area contributed by atoms with Crippen LogP contribution in [0.4, 0.5) is 0 Å². The maximum absolute atomic E-state index is 6.39. The molecule has 2 atom stereocenters. The molecule has 0 bridgehead atoms. The van der Waals surface area contributed by atoms with Crippen molar-refractivity contribution in [1.82, 2.24) is 5.01 Å². The van der Waals surface area contributed by atoms with Gasteiger partial charge in [-0.2, -0.15) is 5.10 Å². The highest BCUT2D eigenvalue weighted by atomic mass is 16.5. The summed E-state index contributed by atoms with van der Waals surface area (Å²) in [4.78, 5) is 0. The number of fused-ring (bicyclic) bond motifs is 3. The Morgan fingerprint density at radius 2 is 1.81 bits per heavy atom. The summed E-state index contributed by atoms with van der Waals surface area (Å²) in [6, 6.07) is 21.0. The molecule has 0 amide bonds. The summed E-state index contributed by atoms with van der Waals surface area (Å²) >= 11 is 0. The van der Waals surface area contributed by atoms with Crippen LogP contribution in [0.25, 0.3) is 0 Å². The molecule has 4 heteroatoms. The standard InChI is InChI=1S/C23H22N2O2/c1-15(2)16-9-11-17(12-10-16)23-25-20(18-6-3-4-7-21(18)27-23)14-19(24-25)22-8-5-13-26-22/h3-13,15,20,23H,14H2,1-2H3/t20-,23+/m0/s1. The van der Waals surface area contributed by atoms with Gasteiger partial charge in [0.15, 0.2) is 0 Å². The van der Waals surface area contributed by atoms with E-state index in [1.807, 2.05) is 24.3 Å². The fourth-order valence-electron chi connectivity index (χ4n) is 3.89. The molecule has 0 N–H and O–H groups in total. The summed E-state index contributed by atoms with van der Waals surface area (Å²) in [6.45, 7) is 4.41. The average molecular weight is 358 g/mol. The van der Waals surface area contributed by atoms with Crippen molar-refractivity contribution in [2.24, 2.45) is 5.10 Å². The first kappa shape index (κ1) is 16.2. The van der Waals surface area contributed by atoms with Gasteiger partial charge in [0.05, 0.1) is 12.3 Å². The van der Waals surface area contributed by atoms with Gasteiger partial charge < -0.3 is 9.15 Å². The van der Waals surface area contributed by atoms with E-state index in [-0.39, 0.29) is 12.3 Å². The molecule has 3 heterocycles. The maximum atomic E-state index is 6.39. The Hall–Kier alpha value is -3.01. The normalized spacial score (nSPS) is 20.9. The molecule has 4 nitrogen and oxygen atoms in total. The molecule has 3 aromatic rings. The maximum Gasteiger partial charge on any atom is 0.213 e. The summed E-state index contributed by atoms with van der Waals surface area (Å²) in [7, 11) is 0. The molecule has 2 aliphatic rings. The number of furan rings is 1. The van der Waals surface area contributed by atoms with Crippen molar-refractivity contribution in [3.8, 4) is 5.75 Å². The molecule has 0 saturated carbocycles. The average Bonchev–Trinajstić information content (AvgIpc) is 3.37. The van der Waals surface area contributed by atoms with Gasteiger partial charge >= 0.3 is 0 Å². The second-order valence-electron chi connectivity index (χ2n) is 7.45. The van der Waals surface area contributed by atoms with Crippen molar-refractivity contribution < 1.29 is 9.15 Å². The smallest absolute Gasteiger partial charge is 0.213 e. The van der Waals surface area contributed by atoms with Crippen LogP contribution in [0, 0.1) is 0 Å². The van der Waals surface area contributed by atoms with Crippen molar-refractivity contribution in [3.63, 3.8) is 0 Å². The lowest BCUT2D eigenvalue weighted by Crippen LogP contribution is -2.33. The molecule has 2 aliphatic heterocycles. The van der Waals surface area contributed by atoms with Crippen molar-refractivity contribution in [1.29, 1.82) is 0 Å². The molecule has 2 aromatic carbocycles. The molecule has 0 unspecified atom stereocenters. The van der Waals surface area contributed by atoms with Crippen LogP contribution in [0.15, 0.2) is 76.4 Å². The van der Waals surface area contributed by atoms with E-state index < -0.39 is 0 Å². The van der Waals surface area contributed by atoms with Crippen LogP contribution in [0.5, 0.6) is 5.75 Å². The molecule has 27 heavy (non-hydrogen) atoms. The third kappa shape index (κ3) is 2.72. The van der Waals surface area contributed by atoms with Crippen LogP contribution in [0.1, 0.15) is 60.9 Å². The summed E-state index contributed by atoms with van der Waals surface area (Å²) in [5, 5.41) is 6.99. The number of nitrogens with zero attached hydrogens (tertiary/aromatic N) is 2. The van der Waals surface area contributed by atoms with Gasteiger partial charge in [0, 0.05) is 17.5 Å². The first-order chi connectivity index (χ1) is 13.2. The number of para-hydroxylation sites is 1. The number of benzene rings is 2. The van der Waals surface area contributed by atoms with E-state index in [0.29, 0.717) is 5.92 Å². The Labute approximate surface area is 159 Å². The summed E-state index contributed by atoms with van der Waals surface area (Å²) in [6.07, 6.45) is 2.27. The summed E-state index contributed by atoms with van der Waals surface area (Å²) < 4.78 is 12.0.